The van der Waals surface area contributed by atoms with E-state index in [2.05, 4.69) is 18.2 Å². The molecule has 0 unspecified atom stereocenters. The Morgan fingerprint density at radius 1 is 1.69 bits per heavy atom. The summed E-state index contributed by atoms with van der Waals surface area (Å²) < 4.78 is 5.06. The molecule has 0 aromatic carbocycles. The van der Waals surface area contributed by atoms with Crippen molar-refractivity contribution in [2.24, 2.45) is 4.99 Å². The Labute approximate surface area is 78.6 Å². The molecule has 0 atom stereocenters. The molecule has 0 amide bonds. The van der Waals surface area contributed by atoms with Gasteiger partial charge in [0.05, 0.1) is 13.7 Å². The molecule has 0 aromatic rings. The largest absolute Gasteiger partial charge is 0.497 e. The van der Waals surface area contributed by atoms with Crippen LogP contribution in [0.3, 0.4) is 0 Å². The lowest BCUT2D eigenvalue weighted by Crippen LogP contribution is -1.93. The maximum atomic E-state index is 5.06. The predicted molar refractivity (Wildman–Crippen MR) is 55.9 cm³/mol. The second-order valence-corrected chi connectivity index (χ2v) is 2.60. The Kier molecular flexibility index (Phi) is 3.26. The fourth-order valence-electron chi connectivity index (χ4n) is 1.07. The highest BCUT2D eigenvalue weighted by molar-refractivity contribution is 5.85. The molecule has 2 nitrogen and oxygen atoms in total. The van der Waals surface area contributed by atoms with Crippen molar-refractivity contribution < 1.29 is 4.74 Å². The molecule has 1 aliphatic rings. The van der Waals surface area contributed by atoms with Crippen molar-refractivity contribution >= 4 is 6.21 Å². The summed E-state index contributed by atoms with van der Waals surface area (Å²) in [7, 11) is 1.60. The van der Waals surface area contributed by atoms with Gasteiger partial charge in [-0.25, -0.2) is 0 Å². The van der Waals surface area contributed by atoms with Gasteiger partial charge in [-0.2, -0.15) is 0 Å². The van der Waals surface area contributed by atoms with Crippen molar-refractivity contribution in [1.29, 1.82) is 0 Å². The van der Waals surface area contributed by atoms with E-state index < -0.39 is 0 Å². The highest BCUT2D eigenvalue weighted by Gasteiger charge is 2.05. The first-order valence-electron chi connectivity index (χ1n) is 4.06. The van der Waals surface area contributed by atoms with Gasteiger partial charge in [-0.1, -0.05) is 31.4 Å². The molecule has 68 valence electrons. The number of methoxy groups -OCH3 is 1. The Morgan fingerprint density at radius 2 is 2.46 bits per heavy atom. The molecule has 1 heterocycles. The average molecular weight is 175 g/mol. The third-order valence-electron chi connectivity index (χ3n) is 1.80. The Balaban J connectivity index is 3.10. The number of ether oxygens (including phenoxy) is 1. The van der Waals surface area contributed by atoms with Gasteiger partial charge in [0.25, 0.3) is 0 Å². The lowest BCUT2D eigenvalue weighted by atomic mass is 10.1. The lowest BCUT2D eigenvalue weighted by molar-refractivity contribution is 0.304. The van der Waals surface area contributed by atoms with E-state index in [1.807, 2.05) is 12.2 Å². The minimum absolute atomic E-state index is 0.638. The van der Waals surface area contributed by atoms with Gasteiger partial charge < -0.3 is 4.74 Å². The van der Waals surface area contributed by atoms with E-state index in [4.69, 9.17) is 4.74 Å². The number of hydrogen-bond acceptors (Lipinski definition) is 2. The van der Waals surface area contributed by atoms with Crippen molar-refractivity contribution in [3.05, 3.63) is 48.3 Å². The molecular formula is C11H13NO. The van der Waals surface area contributed by atoms with E-state index in [1.54, 1.807) is 19.4 Å². The molecule has 1 aliphatic heterocycles. The van der Waals surface area contributed by atoms with Crippen LogP contribution in [0.25, 0.3) is 0 Å². The zero-order chi connectivity index (χ0) is 9.68. The molecule has 0 radical (unpaired) electrons. The number of nitrogens with zero attached hydrogens (tertiary/aromatic N) is 1. The molecule has 0 bridgehead atoms. The minimum Gasteiger partial charge on any atom is -0.497 e. The summed E-state index contributed by atoms with van der Waals surface area (Å²) in [6, 6.07) is 0. The third kappa shape index (κ3) is 2.18. The predicted octanol–water partition coefficient (Wildman–Crippen LogP) is 2.27. The van der Waals surface area contributed by atoms with Crippen LogP contribution in [0, 0.1) is 0 Å². The van der Waals surface area contributed by atoms with E-state index in [0.29, 0.717) is 12.3 Å². The van der Waals surface area contributed by atoms with Crippen LogP contribution in [0.4, 0.5) is 0 Å². The summed E-state index contributed by atoms with van der Waals surface area (Å²) in [4.78, 5) is 4.15. The Bertz CT molecular complexity index is 308. The van der Waals surface area contributed by atoms with Crippen molar-refractivity contribution in [1.82, 2.24) is 0 Å². The molecule has 0 N–H and O–H groups in total. The van der Waals surface area contributed by atoms with E-state index in [1.165, 1.54) is 0 Å². The second-order valence-electron chi connectivity index (χ2n) is 2.60. The highest BCUT2D eigenvalue weighted by atomic mass is 16.5. The fourth-order valence-corrected chi connectivity index (χ4v) is 1.07. The standard InChI is InChI=1S/C11H13NO/c1-4-10-8-12-7-5-6-11(10)9(2)13-3/h4-6,8H,1-2,7H2,3H3. The van der Waals surface area contributed by atoms with Crippen LogP contribution < -0.4 is 0 Å². The normalized spacial score (nSPS) is 15.5. The molecule has 13 heavy (non-hydrogen) atoms. The van der Waals surface area contributed by atoms with E-state index >= 15 is 0 Å². The van der Waals surface area contributed by atoms with Crippen molar-refractivity contribution in [3.63, 3.8) is 0 Å². The highest BCUT2D eigenvalue weighted by Crippen LogP contribution is 2.16. The van der Waals surface area contributed by atoms with Gasteiger partial charge in [0.15, 0.2) is 0 Å². The van der Waals surface area contributed by atoms with Gasteiger partial charge >= 0.3 is 0 Å². The van der Waals surface area contributed by atoms with Crippen LogP contribution in [-0.2, 0) is 4.74 Å². The number of allylic oxidation sites excluding steroid dienone is 3. The molecule has 0 saturated carbocycles. The quantitative estimate of drug-likeness (QED) is 0.603. The summed E-state index contributed by atoms with van der Waals surface area (Å²) in [6.07, 6.45) is 7.45. The molecule has 0 saturated heterocycles. The molecule has 2 heteroatoms. The number of rotatable bonds is 3. The zero-order valence-corrected chi connectivity index (χ0v) is 7.79. The Morgan fingerprint density at radius 3 is 3.08 bits per heavy atom. The second kappa shape index (κ2) is 4.45. The smallest absolute Gasteiger partial charge is 0.119 e. The monoisotopic (exact) mass is 175 g/mol. The first-order valence-corrected chi connectivity index (χ1v) is 4.06. The minimum atomic E-state index is 0.638. The lowest BCUT2D eigenvalue weighted by Gasteiger charge is -2.06. The summed E-state index contributed by atoms with van der Waals surface area (Å²) >= 11 is 0. The van der Waals surface area contributed by atoms with Gasteiger partial charge in [-0.05, 0) is 0 Å². The maximum Gasteiger partial charge on any atom is 0.119 e. The number of aliphatic imine (C=N–C) groups is 1. The van der Waals surface area contributed by atoms with Crippen molar-refractivity contribution in [2.45, 2.75) is 0 Å². The van der Waals surface area contributed by atoms with Gasteiger partial charge in [0, 0.05) is 17.4 Å². The average Bonchev–Trinajstić information content (AvgIpc) is 2.41. The zero-order valence-electron chi connectivity index (χ0n) is 7.79. The van der Waals surface area contributed by atoms with Gasteiger partial charge in [-0.3, -0.25) is 4.99 Å². The summed E-state index contributed by atoms with van der Waals surface area (Å²) in [5, 5.41) is 0. The maximum absolute atomic E-state index is 5.06. The molecule has 1 rings (SSSR count). The van der Waals surface area contributed by atoms with Gasteiger partial charge in [0.2, 0.25) is 0 Å². The first-order chi connectivity index (χ1) is 6.29. The van der Waals surface area contributed by atoms with Crippen molar-refractivity contribution in [2.75, 3.05) is 13.7 Å². The van der Waals surface area contributed by atoms with Crippen LogP contribution in [0.15, 0.2) is 53.3 Å². The number of hydrogen-bond donors (Lipinski definition) is 0. The van der Waals surface area contributed by atoms with Crippen LogP contribution in [-0.4, -0.2) is 19.9 Å². The van der Waals surface area contributed by atoms with Crippen LogP contribution in [0.1, 0.15) is 0 Å². The van der Waals surface area contributed by atoms with Crippen LogP contribution in [0.5, 0.6) is 0 Å². The van der Waals surface area contributed by atoms with Gasteiger partial charge in [0.1, 0.15) is 5.76 Å². The summed E-state index contributed by atoms with van der Waals surface area (Å²) in [5.41, 5.74) is 1.89. The SMILES string of the molecule is C=CC1=C(C(=C)OC)C=CCN=C1. The van der Waals surface area contributed by atoms with E-state index in [9.17, 15) is 0 Å². The fraction of sp³-hybridized carbons (Fsp3) is 0.182. The van der Waals surface area contributed by atoms with E-state index in [-0.39, 0.29) is 0 Å². The summed E-state index contributed by atoms with van der Waals surface area (Å²) in [6.45, 7) is 8.20. The molecular weight excluding hydrogens is 162 g/mol. The van der Waals surface area contributed by atoms with Crippen molar-refractivity contribution in [3.8, 4) is 0 Å². The van der Waals surface area contributed by atoms with Gasteiger partial charge in [-0.15, -0.1) is 0 Å². The topological polar surface area (TPSA) is 21.6 Å². The molecule has 0 fully saturated rings. The molecule has 0 aromatic heterocycles. The van der Waals surface area contributed by atoms with Crippen LogP contribution >= 0.6 is 0 Å². The third-order valence-corrected chi connectivity index (χ3v) is 1.80. The first kappa shape index (κ1) is 9.52. The van der Waals surface area contributed by atoms with Crippen LogP contribution in [0.2, 0.25) is 0 Å². The molecule has 0 aliphatic carbocycles. The van der Waals surface area contributed by atoms with E-state index in [0.717, 1.165) is 11.1 Å². The Hall–Kier alpha value is -1.57. The molecule has 0 spiro atoms. The summed E-state index contributed by atoms with van der Waals surface area (Å²) in [5.74, 6) is 0.638.